The number of nitrogens with zero attached hydrogens (tertiary/aromatic N) is 4. The lowest BCUT2D eigenvalue weighted by atomic mass is 10.1. The number of rotatable bonds is 8. The van der Waals surface area contributed by atoms with Gasteiger partial charge in [0.05, 0.1) is 29.9 Å². The van der Waals surface area contributed by atoms with Crippen LogP contribution in [0.25, 0.3) is 10.2 Å². The van der Waals surface area contributed by atoms with Gasteiger partial charge in [0.25, 0.3) is 0 Å². The standard InChI is InChI=1S/C27H33N5O2S/c1-19-8-11-23-26(20(19)2)29-27(35-23)32(16-21-6-4-3-5-7-21)25(34)18-31-14-12-30(13-15-31)17-24(33)28-22-9-10-22/h3-8,11,22H,9-10,12-18H2,1-2H3,(H,28,33). The van der Waals surface area contributed by atoms with E-state index in [9.17, 15) is 9.59 Å². The minimum atomic E-state index is 0.0576. The maximum absolute atomic E-state index is 13.6. The second-order valence-electron chi connectivity index (χ2n) is 9.71. The molecule has 1 saturated carbocycles. The average molecular weight is 492 g/mol. The highest BCUT2D eigenvalue weighted by molar-refractivity contribution is 7.22. The predicted molar refractivity (Wildman–Crippen MR) is 141 cm³/mol. The number of carbonyl (C=O) groups excluding carboxylic acids is 2. The molecule has 2 heterocycles. The van der Waals surface area contributed by atoms with E-state index in [1.165, 1.54) is 11.1 Å². The molecule has 0 radical (unpaired) electrons. The van der Waals surface area contributed by atoms with E-state index in [1.807, 2.05) is 23.1 Å². The molecule has 1 aliphatic heterocycles. The summed E-state index contributed by atoms with van der Waals surface area (Å²) in [6.45, 7) is 8.63. The Morgan fingerprint density at radius 2 is 1.69 bits per heavy atom. The van der Waals surface area contributed by atoms with Crippen molar-refractivity contribution in [3.8, 4) is 0 Å². The number of hydrogen-bond acceptors (Lipinski definition) is 6. The Morgan fingerprint density at radius 1 is 1.00 bits per heavy atom. The lowest BCUT2D eigenvalue weighted by Crippen LogP contribution is -2.52. The van der Waals surface area contributed by atoms with Crippen molar-refractivity contribution in [1.82, 2.24) is 20.1 Å². The Morgan fingerprint density at radius 3 is 2.37 bits per heavy atom. The van der Waals surface area contributed by atoms with Gasteiger partial charge in [0.15, 0.2) is 5.13 Å². The maximum Gasteiger partial charge on any atom is 0.243 e. The van der Waals surface area contributed by atoms with E-state index >= 15 is 0 Å². The summed E-state index contributed by atoms with van der Waals surface area (Å²) in [7, 11) is 0. The predicted octanol–water partition coefficient (Wildman–Crippen LogP) is 3.34. The van der Waals surface area contributed by atoms with E-state index in [0.29, 0.717) is 25.7 Å². The Kier molecular flexibility index (Phi) is 7.13. The van der Waals surface area contributed by atoms with Crippen LogP contribution in [0.3, 0.4) is 0 Å². The summed E-state index contributed by atoms with van der Waals surface area (Å²) < 4.78 is 1.10. The van der Waals surface area contributed by atoms with E-state index in [-0.39, 0.29) is 11.8 Å². The van der Waals surface area contributed by atoms with Gasteiger partial charge in [-0.05, 0) is 49.4 Å². The molecule has 3 aromatic rings. The fourth-order valence-electron chi connectivity index (χ4n) is 4.44. The summed E-state index contributed by atoms with van der Waals surface area (Å²) in [5, 5.41) is 3.81. The third kappa shape index (κ3) is 5.89. The molecule has 35 heavy (non-hydrogen) atoms. The number of nitrogens with one attached hydrogen (secondary N) is 1. The zero-order valence-corrected chi connectivity index (χ0v) is 21.3. The summed E-state index contributed by atoms with van der Waals surface area (Å²) in [6.07, 6.45) is 2.21. The molecule has 1 aromatic heterocycles. The molecule has 2 aromatic carbocycles. The lowest BCUT2D eigenvalue weighted by molar-refractivity contribution is -0.124. The number of carbonyl (C=O) groups is 2. The largest absolute Gasteiger partial charge is 0.352 e. The molecule has 2 amide bonds. The fraction of sp³-hybridized carbons (Fsp3) is 0.444. The van der Waals surface area contributed by atoms with Crippen LogP contribution in [0, 0.1) is 13.8 Å². The number of anilines is 1. The smallest absolute Gasteiger partial charge is 0.243 e. The van der Waals surface area contributed by atoms with Gasteiger partial charge in [0, 0.05) is 32.2 Å². The molecule has 0 spiro atoms. The number of aryl methyl sites for hydroxylation is 2. The highest BCUT2D eigenvalue weighted by Crippen LogP contribution is 2.33. The molecule has 1 N–H and O–H groups in total. The van der Waals surface area contributed by atoms with Gasteiger partial charge in [-0.2, -0.15) is 0 Å². The first-order chi connectivity index (χ1) is 17.0. The molecule has 0 unspecified atom stereocenters. The topological polar surface area (TPSA) is 68.8 Å². The van der Waals surface area contributed by atoms with Crippen molar-refractivity contribution in [2.24, 2.45) is 0 Å². The van der Waals surface area contributed by atoms with E-state index in [0.717, 1.165) is 59.9 Å². The molecule has 2 fully saturated rings. The number of piperazine rings is 1. The number of fused-ring (bicyclic) bond motifs is 1. The van der Waals surface area contributed by atoms with E-state index in [2.05, 4.69) is 53.2 Å². The fourth-order valence-corrected chi connectivity index (χ4v) is 5.49. The highest BCUT2D eigenvalue weighted by Gasteiger charge is 2.27. The minimum absolute atomic E-state index is 0.0576. The van der Waals surface area contributed by atoms with Crippen LogP contribution in [0.4, 0.5) is 5.13 Å². The summed E-state index contributed by atoms with van der Waals surface area (Å²) in [4.78, 5) is 36.9. The molecule has 5 rings (SSSR count). The summed E-state index contributed by atoms with van der Waals surface area (Å²) in [6, 6.07) is 14.7. The van der Waals surface area contributed by atoms with Crippen molar-refractivity contribution in [3.63, 3.8) is 0 Å². The first kappa shape index (κ1) is 23.9. The van der Waals surface area contributed by atoms with Gasteiger partial charge in [-0.15, -0.1) is 0 Å². The van der Waals surface area contributed by atoms with Gasteiger partial charge in [-0.3, -0.25) is 24.3 Å². The summed E-state index contributed by atoms with van der Waals surface area (Å²) in [5.74, 6) is 0.176. The Labute approximate surface area is 210 Å². The molecule has 7 nitrogen and oxygen atoms in total. The number of benzene rings is 2. The van der Waals surface area contributed by atoms with Gasteiger partial charge in [0.2, 0.25) is 11.8 Å². The Bertz CT molecular complexity index is 1200. The lowest BCUT2D eigenvalue weighted by Gasteiger charge is -2.34. The van der Waals surface area contributed by atoms with Crippen LogP contribution in [0.1, 0.15) is 29.5 Å². The molecule has 1 saturated heterocycles. The monoisotopic (exact) mass is 491 g/mol. The van der Waals surface area contributed by atoms with Crippen LogP contribution in [-0.2, 0) is 16.1 Å². The van der Waals surface area contributed by atoms with E-state index in [4.69, 9.17) is 4.98 Å². The first-order valence-electron chi connectivity index (χ1n) is 12.4. The van der Waals surface area contributed by atoms with Crippen molar-refractivity contribution in [3.05, 3.63) is 59.2 Å². The molecule has 8 heteroatoms. The number of thiazole rings is 1. The van der Waals surface area contributed by atoms with Gasteiger partial charge in [-0.25, -0.2) is 4.98 Å². The molecule has 0 atom stereocenters. The minimum Gasteiger partial charge on any atom is -0.352 e. The van der Waals surface area contributed by atoms with Crippen LogP contribution in [0.5, 0.6) is 0 Å². The highest BCUT2D eigenvalue weighted by atomic mass is 32.1. The normalized spacial score (nSPS) is 17.0. The van der Waals surface area contributed by atoms with Crippen LogP contribution in [0.2, 0.25) is 0 Å². The molecular weight excluding hydrogens is 458 g/mol. The van der Waals surface area contributed by atoms with Crippen molar-refractivity contribution >= 4 is 38.5 Å². The average Bonchev–Trinajstić information content (AvgIpc) is 3.56. The van der Waals surface area contributed by atoms with E-state index in [1.54, 1.807) is 11.3 Å². The number of amides is 2. The van der Waals surface area contributed by atoms with Gasteiger partial charge in [-0.1, -0.05) is 47.7 Å². The van der Waals surface area contributed by atoms with Crippen LogP contribution < -0.4 is 10.2 Å². The molecular formula is C27H33N5O2S. The maximum atomic E-state index is 13.6. The van der Waals surface area contributed by atoms with Gasteiger partial charge in [0.1, 0.15) is 0 Å². The van der Waals surface area contributed by atoms with Crippen LogP contribution in [-0.4, -0.2) is 71.9 Å². The van der Waals surface area contributed by atoms with Crippen LogP contribution in [0.15, 0.2) is 42.5 Å². The molecule has 2 aliphatic rings. The molecule has 184 valence electrons. The quantitative estimate of drug-likeness (QED) is 0.524. The van der Waals surface area contributed by atoms with Crippen LogP contribution >= 0.6 is 11.3 Å². The van der Waals surface area contributed by atoms with Gasteiger partial charge >= 0.3 is 0 Å². The van der Waals surface area contributed by atoms with Gasteiger partial charge < -0.3 is 5.32 Å². The number of hydrogen-bond donors (Lipinski definition) is 1. The van der Waals surface area contributed by atoms with Crippen molar-refractivity contribution in [2.45, 2.75) is 39.3 Å². The van der Waals surface area contributed by atoms with Crippen molar-refractivity contribution in [2.75, 3.05) is 44.2 Å². The SMILES string of the molecule is Cc1ccc2sc(N(Cc3ccccc3)C(=O)CN3CCN(CC(=O)NC4CC4)CC3)nc2c1C. The zero-order chi connectivity index (χ0) is 24.4. The number of aromatic nitrogens is 1. The first-order valence-corrected chi connectivity index (χ1v) is 13.2. The second kappa shape index (κ2) is 10.4. The molecule has 0 bridgehead atoms. The zero-order valence-electron chi connectivity index (χ0n) is 20.5. The summed E-state index contributed by atoms with van der Waals surface area (Å²) >= 11 is 1.58. The third-order valence-corrected chi connectivity index (χ3v) is 7.97. The third-order valence-electron chi connectivity index (χ3n) is 6.92. The van der Waals surface area contributed by atoms with Crippen molar-refractivity contribution < 1.29 is 9.59 Å². The van der Waals surface area contributed by atoms with Crippen molar-refractivity contribution in [1.29, 1.82) is 0 Å². The Balaban J connectivity index is 1.27. The van der Waals surface area contributed by atoms with E-state index < -0.39 is 0 Å². The molecule has 1 aliphatic carbocycles. The Hall–Kier alpha value is -2.81. The summed E-state index contributed by atoms with van der Waals surface area (Å²) in [5.41, 5.74) is 4.44. The second-order valence-corrected chi connectivity index (χ2v) is 10.7.